The van der Waals surface area contributed by atoms with Crippen molar-refractivity contribution in [1.82, 2.24) is 9.97 Å². The molecule has 0 aliphatic heterocycles. The number of aromatic nitrogens is 2. The number of nitrogens with zero attached hydrogens (tertiary/aromatic N) is 3. The van der Waals surface area contributed by atoms with Crippen LogP contribution in [0.15, 0.2) is 6.20 Å². The number of carbonyl (C=O) groups is 1. The lowest BCUT2D eigenvalue weighted by Crippen LogP contribution is -2.42. The van der Waals surface area contributed by atoms with Gasteiger partial charge < -0.3 is 15.1 Å². The molecule has 0 amide bonds. The summed E-state index contributed by atoms with van der Waals surface area (Å²) >= 11 is 0. The number of hydrogen-bond acceptors (Lipinski definition) is 5. The number of carboxylic acid groups (broad SMARTS) is 1. The Morgan fingerprint density at radius 2 is 2.26 bits per heavy atom. The largest absolute Gasteiger partial charge is 0.477 e. The average Bonchev–Trinajstić information content (AvgIpc) is 2.31. The van der Waals surface area contributed by atoms with Gasteiger partial charge in [0.05, 0.1) is 0 Å². The van der Waals surface area contributed by atoms with Crippen molar-refractivity contribution in [1.29, 1.82) is 0 Å². The molecule has 1 fully saturated rings. The first kappa shape index (κ1) is 13.7. The van der Waals surface area contributed by atoms with Crippen LogP contribution in [0.4, 0.5) is 5.82 Å². The van der Waals surface area contributed by atoms with E-state index in [1.165, 1.54) is 6.20 Å². The van der Waals surface area contributed by atoms with Gasteiger partial charge in [-0.2, -0.15) is 0 Å². The minimum absolute atomic E-state index is 0.0929. The molecule has 0 spiro atoms. The fourth-order valence-electron chi connectivity index (χ4n) is 2.23. The smallest absolute Gasteiger partial charge is 0.341 e. The van der Waals surface area contributed by atoms with Crippen molar-refractivity contribution in [3.8, 4) is 0 Å². The monoisotopic (exact) mass is 265 g/mol. The molecule has 0 unspecified atom stereocenters. The maximum atomic E-state index is 11.3. The number of anilines is 1. The molecule has 104 valence electrons. The minimum Gasteiger partial charge on any atom is -0.477 e. The highest BCUT2D eigenvalue weighted by Crippen LogP contribution is 2.30. The van der Waals surface area contributed by atoms with Crippen LogP contribution in [0.3, 0.4) is 0 Å². The lowest BCUT2D eigenvalue weighted by molar-refractivity contribution is 0.0696. The van der Waals surface area contributed by atoms with E-state index in [1.807, 2.05) is 4.90 Å². The molecule has 1 heterocycles. The third kappa shape index (κ3) is 3.01. The summed E-state index contributed by atoms with van der Waals surface area (Å²) in [6.45, 7) is 2.47. The topological polar surface area (TPSA) is 86.5 Å². The zero-order valence-corrected chi connectivity index (χ0v) is 11.0. The molecular formula is C13H19N3O3. The maximum Gasteiger partial charge on any atom is 0.341 e. The summed E-state index contributed by atoms with van der Waals surface area (Å²) in [5, 5.41) is 18.2. The molecule has 6 nitrogen and oxygen atoms in total. The highest BCUT2D eigenvalue weighted by Gasteiger charge is 2.29. The number of carboxylic acids is 1. The molecule has 0 radical (unpaired) electrons. The van der Waals surface area contributed by atoms with Crippen molar-refractivity contribution >= 4 is 11.8 Å². The first-order valence-corrected chi connectivity index (χ1v) is 6.58. The van der Waals surface area contributed by atoms with E-state index >= 15 is 0 Å². The van der Waals surface area contributed by atoms with Gasteiger partial charge in [0.25, 0.3) is 0 Å². The van der Waals surface area contributed by atoms with Gasteiger partial charge in [0.1, 0.15) is 17.2 Å². The van der Waals surface area contributed by atoms with E-state index in [0.717, 1.165) is 19.3 Å². The summed E-state index contributed by atoms with van der Waals surface area (Å²) < 4.78 is 0. The third-order valence-electron chi connectivity index (χ3n) is 3.46. The molecule has 19 heavy (non-hydrogen) atoms. The zero-order valence-electron chi connectivity index (χ0n) is 11.0. The molecule has 1 aromatic rings. The highest BCUT2D eigenvalue weighted by atomic mass is 16.4. The summed E-state index contributed by atoms with van der Waals surface area (Å²) in [4.78, 5) is 21.6. The van der Waals surface area contributed by atoms with Crippen molar-refractivity contribution in [3.05, 3.63) is 17.6 Å². The fraction of sp³-hybridized carbons (Fsp3) is 0.615. The molecule has 2 rings (SSSR count). The SMILES string of the molecule is Cc1ncc(C(=O)O)c(N(CCCO)C2CCC2)n1. The molecule has 1 aliphatic carbocycles. The summed E-state index contributed by atoms with van der Waals surface area (Å²) in [6.07, 6.45) is 5.23. The summed E-state index contributed by atoms with van der Waals surface area (Å²) in [5.74, 6) is 0.0368. The van der Waals surface area contributed by atoms with Gasteiger partial charge in [-0.15, -0.1) is 0 Å². The van der Waals surface area contributed by atoms with Gasteiger partial charge in [-0.3, -0.25) is 0 Å². The van der Waals surface area contributed by atoms with Crippen LogP contribution < -0.4 is 4.90 Å². The molecule has 0 bridgehead atoms. The maximum absolute atomic E-state index is 11.3. The van der Waals surface area contributed by atoms with Crippen LogP contribution in [0.2, 0.25) is 0 Å². The van der Waals surface area contributed by atoms with E-state index < -0.39 is 5.97 Å². The lowest BCUT2D eigenvalue weighted by Gasteiger charge is -2.39. The van der Waals surface area contributed by atoms with E-state index in [0.29, 0.717) is 30.6 Å². The Morgan fingerprint density at radius 3 is 2.79 bits per heavy atom. The van der Waals surface area contributed by atoms with E-state index in [2.05, 4.69) is 9.97 Å². The van der Waals surface area contributed by atoms with Crippen LogP contribution in [0, 0.1) is 6.92 Å². The second-order valence-electron chi connectivity index (χ2n) is 4.81. The number of hydrogen-bond donors (Lipinski definition) is 2. The quantitative estimate of drug-likeness (QED) is 0.804. The fourth-order valence-corrected chi connectivity index (χ4v) is 2.23. The van der Waals surface area contributed by atoms with Gasteiger partial charge in [0, 0.05) is 25.4 Å². The molecule has 1 saturated carbocycles. The molecule has 0 aromatic carbocycles. The molecule has 2 N–H and O–H groups in total. The van der Waals surface area contributed by atoms with E-state index in [9.17, 15) is 9.90 Å². The predicted molar refractivity (Wildman–Crippen MR) is 70.4 cm³/mol. The van der Waals surface area contributed by atoms with E-state index in [4.69, 9.17) is 5.11 Å². The van der Waals surface area contributed by atoms with Crippen LogP contribution in [0.5, 0.6) is 0 Å². The average molecular weight is 265 g/mol. The van der Waals surface area contributed by atoms with Crippen LogP contribution in [-0.4, -0.2) is 45.3 Å². The molecule has 0 atom stereocenters. The van der Waals surface area contributed by atoms with Gasteiger partial charge in [-0.05, 0) is 32.6 Å². The van der Waals surface area contributed by atoms with Gasteiger partial charge in [0.2, 0.25) is 0 Å². The minimum atomic E-state index is -1.01. The molecule has 6 heteroatoms. The van der Waals surface area contributed by atoms with E-state index in [1.54, 1.807) is 6.92 Å². The third-order valence-corrected chi connectivity index (χ3v) is 3.46. The van der Waals surface area contributed by atoms with E-state index in [-0.39, 0.29) is 12.2 Å². The first-order valence-electron chi connectivity index (χ1n) is 6.58. The van der Waals surface area contributed by atoms with Crippen molar-refractivity contribution < 1.29 is 15.0 Å². The van der Waals surface area contributed by atoms with Crippen molar-refractivity contribution in [2.45, 2.75) is 38.6 Å². The summed E-state index contributed by atoms with van der Waals surface area (Å²) in [7, 11) is 0. The number of rotatable bonds is 6. The molecule has 1 aromatic heterocycles. The van der Waals surface area contributed by atoms with Crippen LogP contribution in [0.1, 0.15) is 41.9 Å². The van der Waals surface area contributed by atoms with Crippen LogP contribution in [-0.2, 0) is 0 Å². The first-order chi connectivity index (χ1) is 9.13. The number of aliphatic hydroxyl groups is 1. The van der Waals surface area contributed by atoms with Crippen LogP contribution in [0.25, 0.3) is 0 Å². The van der Waals surface area contributed by atoms with Gasteiger partial charge >= 0.3 is 5.97 Å². The Balaban J connectivity index is 2.33. The highest BCUT2D eigenvalue weighted by molar-refractivity contribution is 5.93. The summed E-state index contributed by atoms with van der Waals surface area (Å²) in [5.41, 5.74) is 0.135. The molecule has 0 saturated heterocycles. The normalized spacial score (nSPS) is 15.1. The lowest BCUT2D eigenvalue weighted by atomic mass is 9.91. The summed E-state index contributed by atoms with van der Waals surface area (Å²) in [6, 6.07) is 0.332. The predicted octanol–water partition coefficient (Wildman–Crippen LogP) is 1.22. The molecular weight excluding hydrogens is 246 g/mol. The Bertz CT molecular complexity index is 460. The Kier molecular flexibility index (Phi) is 4.31. The van der Waals surface area contributed by atoms with Gasteiger partial charge in [-0.1, -0.05) is 0 Å². The zero-order chi connectivity index (χ0) is 13.8. The Morgan fingerprint density at radius 1 is 1.53 bits per heavy atom. The van der Waals surface area contributed by atoms with Crippen LogP contribution >= 0.6 is 0 Å². The second kappa shape index (κ2) is 5.97. The van der Waals surface area contributed by atoms with Gasteiger partial charge in [-0.25, -0.2) is 14.8 Å². The van der Waals surface area contributed by atoms with Crippen molar-refractivity contribution in [2.75, 3.05) is 18.1 Å². The Hall–Kier alpha value is -1.69. The molecule has 1 aliphatic rings. The number of aromatic carboxylic acids is 1. The van der Waals surface area contributed by atoms with Gasteiger partial charge in [0.15, 0.2) is 0 Å². The second-order valence-corrected chi connectivity index (χ2v) is 4.81. The van der Waals surface area contributed by atoms with Crippen molar-refractivity contribution in [2.24, 2.45) is 0 Å². The Labute approximate surface area is 112 Å². The number of aliphatic hydroxyl groups excluding tert-OH is 1. The standard InChI is InChI=1S/C13H19N3O3/c1-9-14-8-11(13(18)19)12(15-9)16(6-3-7-17)10-4-2-5-10/h8,10,17H,2-7H2,1H3,(H,18,19). The number of aryl methyl sites for hydroxylation is 1. The van der Waals surface area contributed by atoms with Crippen molar-refractivity contribution in [3.63, 3.8) is 0 Å².